The quantitative estimate of drug-likeness (QED) is 0.268. The van der Waals surface area contributed by atoms with Gasteiger partial charge in [0.2, 0.25) is 0 Å². The van der Waals surface area contributed by atoms with Gasteiger partial charge in [-0.3, -0.25) is 0 Å². The average molecular weight is 431 g/mol. The monoisotopic (exact) mass is 430 g/mol. The summed E-state index contributed by atoms with van der Waals surface area (Å²) in [5, 5.41) is 3.63. The zero-order valence-electron chi connectivity index (χ0n) is 20.6. The molecule has 0 aromatic heterocycles. The Morgan fingerprint density at radius 3 is 2.61 bits per heavy atom. The molecule has 0 aliphatic carbocycles. The zero-order chi connectivity index (χ0) is 22.7. The van der Waals surface area contributed by atoms with E-state index in [0.29, 0.717) is 12.6 Å². The van der Waals surface area contributed by atoms with E-state index in [-0.39, 0.29) is 5.41 Å². The molecule has 1 unspecified atom stereocenters. The van der Waals surface area contributed by atoms with Crippen LogP contribution in [0.1, 0.15) is 79.6 Å². The van der Waals surface area contributed by atoms with E-state index in [4.69, 9.17) is 15.5 Å². The molecule has 5 nitrogen and oxygen atoms in total. The van der Waals surface area contributed by atoms with Crippen LogP contribution in [-0.2, 0) is 0 Å². The highest BCUT2D eigenvalue weighted by molar-refractivity contribution is 5.83. The summed E-state index contributed by atoms with van der Waals surface area (Å²) in [6.07, 6.45) is 8.51. The van der Waals surface area contributed by atoms with E-state index in [1.165, 1.54) is 32.1 Å². The van der Waals surface area contributed by atoms with Gasteiger partial charge in [0.25, 0.3) is 0 Å². The molecule has 1 heterocycles. The molecule has 1 saturated heterocycles. The number of likely N-dealkylation sites (tertiary alicyclic amines) is 1. The highest BCUT2D eigenvalue weighted by Gasteiger charge is 2.25. The number of benzene rings is 1. The lowest BCUT2D eigenvalue weighted by Gasteiger charge is -2.38. The summed E-state index contributed by atoms with van der Waals surface area (Å²) >= 11 is 0. The number of hydrogen-bond donors (Lipinski definition) is 2. The van der Waals surface area contributed by atoms with Crippen LogP contribution in [-0.4, -0.2) is 43.1 Å². The summed E-state index contributed by atoms with van der Waals surface area (Å²) in [5.74, 6) is 2.67. The van der Waals surface area contributed by atoms with Crippen LogP contribution < -0.4 is 15.8 Å². The van der Waals surface area contributed by atoms with E-state index < -0.39 is 0 Å². The normalized spacial score (nSPS) is 17.8. The molecular weight excluding hydrogens is 384 g/mol. The Bertz CT molecular complexity index is 654. The van der Waals surface area contributed by atoms with Gasteiger partial charge < -0.3 is 20.7 Å². The maximum Gasteiger partial charge on any atom is 0.199 e. The molecular formula is C26H46N4O. The second-order valence-electron chi connectivity index (χ2n) is 10.1. The van der Waals surface area contributed by atoms with E-state index in [9.17, 15) is 0 Å². The topological polar surface area (TPSA) is 62.9 Å². The van der Waals surface area contributed by atoms with Gasteiger partial charge in [-0.05, 0) is 80.7 Å². The molecule has 176 valence electrons. The third-order valence-corrected chi connectivity index (χ3v) is 6.16. The second-order valence-corrected chi connectivity index (χ2v) is 10.1. The average Bonchev–Trinajstić information content (AvgIpc) is 2.77. The third kappa shape index (κ3) is 9.10. The van der Waals surface area contributed by atoms with Gasteiger partial charge in [-0.15, -0.1) is 0 Å². The first kappa shape index (κ1) is 25.5. The van der Waals surface area contributed by atoms with E-state index in [1.807, 2.05) is 12.1 Å². The third-order valence-electron chi connectivity index (χ3n) is 6.16. The van der Waals surface area contributed by atoms with Crippen molar-refractivity contribution >= 4 is 11.6 Å². The van der Waals surface area contributed by atoms with Gasteiger partial charge in [-0.1, -0.05) is 41.0 Å². The van der Waals surface area contributed by atoms with Gasteiger partial charge in [0.05, 0.1) is 12.3 Å². The fraction of sp³-hybridized carbons (Fsp3) is 0.731. The van der Waals surface area contributed by atoms with Crippen LogP contribution in [0.4, 0.5) is 5.69 Å². The van der Waals surface area contributed by atoms with Crippen molar-refractivity contribution in [3.63, 3.8) is 0 Å². The van der Waals surface area contributed by atoms with Crippen LogP contribution in [0.3, 0.4) is 0 Å². The van der Waals surface area contributed by atoms with E-state index in [2.05, 4.69) is 57.0 Å². The molecule has 1 aliphatic rings. The lowest BCUT2D eigenvalue weighted by Crippen LogP contribution is -2.51. The largest absolute Gasteiger partial charge is 0.494 e. The minimum Gasteiger partial charge on any atom is -0.494 e. The molecule has 0 saturated carbocycles. The number of hydrogen-bond acceptors (Lipinski definition) is 3. The fourth-order valence-corrected chi connectivity index (χ4v) is 3.88. The van der Waals surface area contributed by atoms with Crippen molar-refractivity contribution < 1.29 is 4.74 Å². The van der Waals surface area contributed by atoms with Crippen LogP contribution in [0.25, 0.3) is 0 Å². The summed E-state index contributed by atoms with van der Waals surface area (Å²) in [6.45, 7) is 14.5. The van der Waals surface area contributed by atoms with E-state index in [1.54, 1.807) is 0 Å². The standard InChI is InChI=1S/C26H46N4O/c1-6-23-12-7-9-17-30(23)25(28-20-26(4,5)19-27)29-22-13-15-24(16-14-22)31-18-10-8-11-21(2)3/h13-16,21,23H,6-12,17-20,27H2,1-5H3,(H,28,29). The molecule has 31 heavy (non-hydrogen) atoms. The number of aliphatic imine (C=N–C) groups is 1. The van der Waals surface area contributed by atoms with E-state index >= 15 is 0 Å². The molecule has 0 amide bonds. The number of ether oxygens (including phenoxy) is 1. The molecule has 3 N–H and O–H groups in total. The molecule has 1 aromatic carbocycles. The Labute approximate surface area is 190 Å². The van der Waals surface area contributed by atoms with Crippen molar-refractivity contribution in [2.45, 2.75) is 85.6 Å². The fourth-order valence-electron chi connectivity index (χ4n) is 3.88. The van der Waals surface area contributed by atoms with Crippen molar-refractivity contribution in [3.05, 3.63) is 24.3 Å². The molecule has 1 atom stereocenters. The summed E-state index contributed by atoms with van der Waals surface area (Å²) in [7, 11) is 0. The smallest absolute Gasteiger partial charge is 0.199 e. The van der Waals surface area contributed by atoms with Crippen LogP contribution in [0.15, 0.2) is 29.3 Å². The highest BCUT2D eigenvalue weighted by Crippen LogP contribution is 2.23. The lowest BCUT2D eigenvalue weighted by molar-refractivity contribution is 0.225. The SMILES string of the molecule is CCC1CCCCN1/C(=N\c1ccc(OCCCCC(C)C)cc1)NCC(C)(C)CN. The first-order valence-corrected chi connectivity index (χ1v) is 12.4. The summed E-state index contributed by atoms with van der Waals surface area (Å²) in [5.41, 5.74) is 6.95. The Hall–Kier alpha value is -1.75. The predicted molar refractivity (Wildman–Crippen MR) is 133 cm³/mol. The summed E-state index contributed by atoms with van der Waals surface area (Å²) in [6, 6.07) is 8.75. The van der Waals surface area contributed by atoms with Gasteiger partial charge in [-0.25, -0.2) is 4.99 Å². The predicted octanol–water partition coefficient (Wildman–Crippen LogP) is 5.72. The minimum absolute atomic E-state index is 0.0333. The molecule has 0 bridgehead atoms. The van der Waals surface area contributed by atoms with Gasteiger partial charge >= 0.3 is 0 Å². The summed E-state index contributed by atoms with van der Waals surface area (Å²) in [4.78, 5) is 7.49. The minimum atomic E-state index is 0.0333. The van der Waals surface area contributed by atoms with Crippen molar-refractivity contribution in [1.29, 1.82) is 0 Å². The number of nitrogens with two attached hydrogens (primary N) is 1. The van der Waals surface area contributed by atoms with Crippen molar-refractivity contribution in [2.24, 2.45) is 22.1 Å². The van der Waals surface area contributed by atoms with Crippen LogP contribution in [0, 0.1) is 11.3 Å². The van der Waals surface area contributed by atoms with Gasteiger partial charge in [0.15, 0.2) is 5.96 Å². The van der Waals surface area contributed by atoms with E-state index in [0.717, 1.165) is 55.9 Å². The van der Waals surface area contributed by atoms with Crippen molar-refractivity contribution in [3.8, 4) is 5.75 Å². The number of guanidine groups is 1. The molecule has 5 heteroatoms. The van der Waals surface area contributed by atoms with Crippen LogP contribution >= 0.6 is 0 Å². The first-order chi connectivity index (χ1) is 14.8. The number of nitrogens with one attached hydrogen (secondary N) is 1. The first-order valence-electron chi connectivity index (χ1n) is 12.4. The van der Waals surface area contributed by atoms with Crippen molar-refractivity contribution in [2.75, 3.05) is 26.2 Å². The maximum atomic E-state index is 5.96. The van der Waals surface area contributed by atoms with Crippen LogP contribution in [0.2, 0.25) is 0 Å². The number of rotatable bonds is 11. The second kappa shape index (κ2) is 12.9. The zero-order valence-corrected chi connectivity index (χ0v) is 20.6. The van der Waals surface area contributed by atoms with Crippen LogP contribution in [0.5, 0.6) is 5.75 Å². The number of piperidine rings is 1. The maximum absolute atomic E-state index is 5.96. The Kier molecular flexibility index (Phi) is 10.7. The molecule has 2 rings (SSSR count). The summed E-state index contributed by atoms with van der Waals surface area (Å²) < 4.78 is 5.92. The lowest BCUT2D eigenvalue weighted by atomic mass is 9.94. The molecule has 0 radical (unpaired) electrons. The molecule has 0 spiro atoms. The molecule has 1 aromatic rings. The molecule has 1 aliphatic heterocycles. The van der Waals surface area contributed by atoms with Gasteiger partial charge in [-0.2, -0.15) is 0 Å². The van der Waals surface area contributed by atoms with Gasteiger partial charge in [0, 0.05) is 19.1 Å². The Balaban J connectivity index is 2.05. The Morgan fingerprint density at radius 1 is 1.23 bits per heavy atom. The van der Waals surface area contributed by atoms with Crippen molar-refractivity contribution in [1.82, 2.24) is 10.2 Å². The highest BCUT2D eigenvalue weighted by atomic mass is 16.5. The number of unbranched alkanes of at least 4 members (excludes halogenated alkanes) is 1. The molecule has 1 fully saturated rings. The Morgan fingerprint density at radius 2 is 1.97 bits per heavy atom. The number of nitrogens with zero attached hydrogens (tertiary/aromatic N) is 2. The van der Waals surface area contributed by atoms with Gasteiger partial charge in [0.1, 0.15) is 5.75 Å².